The van der Waals surface area contributed by atoms with Crippen molar-refractivity contribution in [3.05, 3.63) is 192 Å². The van der Waals surface area contributed by atoms with Crippen molar-refractivity contribution in [1.82, 2.24) is 0 Å². The van der Waals surface area contributed by atoms with Crippen LogP contribution in [-0.4, -0.2) is 11.1 Å². The van der Waals surface area contributed by atoms with Gasteiger partial charge in [0.15, 0.2) is 5.60 Å². The molecule has 0 amide bonds. The Bertz CT molecular complexity index is 1510. The standard InChI is InChI=1S/C22H18O2.C17H18OS/c1-2-21(23)24-22(18-12-6-3-7-13-18,19-14-8-4-9-15-19)20-16-10-5-11-17-20;1-13(2)16(18)19-17(3,15-11-7-8-12-15)14-9-5-4-6-10-14/h2-17H,1H2;4-11H,1,12H2,2-3H3. The molecule has 4 aromatic carbocycles. The van der Waals surface area contributed by atoms with Gasteiger partial charge in [0.05, 0.1) is 4.75 Å². The van der Waals surface area contributed by atoms with Gasteiger partial charge in [-0.2, -0.15) is 0 Å². The van der Waals surface area contributed by atoms with E-state index >= 15 is 0 Å². The topological polar surface area (TPSA) is 43.4 Å². The highest BCUT2D eigenvalue weighted by atomic mass is 32.2. The van der Waals surface area contributed by atoms with Crippen molar-refractivity contribution < 1.29 is 14.3 Å². The van der Waals surface area contributed by atoms with Crippen LogP contribution in [-0.2, 0) is 24.7 Å². The first kappa shape index (κ1) is 31.3. The van der Waals surface area contributed by atoms with Crippen molar-refractivity contribution in [2.24, 2.45) is 0 Å². The van der Waals surface area contributed by atoms with E-state index in [-0.39, 0.29) is 9.86 Å². The van der Waals surface area contributed by atoms with Gasteiger partial charge < -0.3 is 4.74 Å². The monoisotopic (exact) mass is 584 g/mol. The van der Waals surface area contributed by atoms with Crippen molar-refractivity contribution >= 4 is 22.8 Å². The fourth-order valence-electron chi connectivity index (χ4n) is 5.03. The number of benzene rings is 4. The van der Waals surface area contributed by atoms with Gasteiger partial charge in [0.1, 0.15) is 0 Å². The van der Waals surface area contributed by atoms with E-state index in [1.807, 2.05) is 109 Å². The highest BCUT2D eigenvalue weighted by Gasteiger charge is 2.40. The van der Waals surface area contributed by atoms with E-state index in [1.54, 1.807) is 6.92 Å². The van der Waals surface area contributed by atoms with Crippen LogP contribution in [0.25, 0.3) is 0 Å². The van der Waals surface area contributed by atoms with Crippen LogP contribution >= 0.6 is 11.8 Å². The minimum atomic E-state index is -1.02. The molecule has 0 N–H and O–H groups in total. The minimum Gasteiger partial charge on any atom is -0.441 e. The summed E-state index contributed by atoms with van der Waals surface area (Å²) < 4.78 is 5.67. The normalized spacial score (nSPS) is 13.5. The van der Waals surface area contributed by atoms with Crippen LogP contribution in [0.3, 0.4) is 0 Å². The summed E-state index contributed by atoms with van der Waals surface area (Å²) in [6, 6.07) is 39.5. The molecule has 4 aromatic rings. The van der Waals surface area contributed by atoms with Gasteiger partial charge >= 0.3 is 5.97 Å². The van der Waals surface area contributed by atoms with Crippen molar-refractivity contribution in [2.75, 3.05) is 0 Å². The third-order valence-corrected chi connectivity index (χ3v) is 8.76. The minimum absolute atomic E-state index is 0.0548. The van der Waals surface area contributed by atoms with E-state index in [9.17, 15) is 9.59 Å². The van der Waals surface area contributed by atoms with Gasteiger partial charge in [0.2, 0.25) is 5.12 Å². The highest BCUT2D eigenvalue weighted by Crippen LogP contribution is 2.46. The largest absolute Gasteiger partial charge is 0.441 e. The average Bonchev–Trinajstić information content (AvgIpc) is 3.62. The number of thioether (sulfide) groups is 1. The lowest BCUT2D eigenvalue weighted by Gasteiger charge is -2.34. The second-order valence-corrected chi connectivity index (χ2v) is 11.7. The summed E-state index contributed by atoms with van der Waals surface area (Å²) in [5.74, 6) is -0.466. The number of carbonyl (C=O) groups excluding carboxylic acids is 2. The van der Waals surface area contributed by atoms with Crippen molar-refractivity contribution in [2.45, 2.75) is 30.6 Å². The molecule has 216 valence electrons. The molecule has 0 saturated carbocycles. The van der Waals surface area contributed by atoms with Gasteiger partial charge in [0.25, 0.3) is 0 Å². The zero-order valence-electron chi connectivity index (χ0n) is 24.6. The van der Waals surface area contributed by atoms with Crippen LogP contribution in [0.2, 0.25) is 0 Å². The molecule has 0 radical (unpaired) electrons. The SMILES string of the molecule is C=C(C)C(=O)SC(C)(C1=CC=CC1)c1ccccc1.C=CC(=O)OC(c1ccccc1)(c1ccccc1)c1ccccc1. The van der Waals surface area contributed by atoms with Crippen LogP contribution < -0.4 is 0 Å². The summed E-state index contributed by atoms with van der Waals surface area (Å²) in [5.41, 5.74) is 4.66. The third-order valence-electron chi connectivity index (χ3n) is 7.32. The maximum atomic E-state index is 12.2. The van der Waals surface area contributed by atoms with Crippen LogP contribution in [0.4, 0.5) is 0 Å². The summed E-state index contributed by atoms with van der Waals surface area (Å²) in [4.78, 5) is 24.3. The number of hydrogen-bond donors (Lipinski definition) is 0. The first-order chi connectivity index (χ1) is 20.8. The number of carbonyl (C=O) groups is 2. The Balaban J connectivity index is 0.000000203. The Labute approximate surface area is 259 Å². The molecule has 43 heavy (non-hydrogen) atoms. The zero-order valence-corrected chi connectivity index (χ0v) is 25.4. The van der Waals surface area contributed by atoms with Gasteiger partial charge in [-0.1, -0.05) is 164 Å². The van der Waals surface area contributed by atoms with E-state index in [0.29, 0.717) is 5.57 Å². The molecule has 0 spiro atoms. The molecule has 0 fully saturated rings. The Hall–Kier alpha value is -4.67. The van der Waals surface area contributed by atoms with E-state index in [4.69, 9.17) is 4.74 Å². The quantitative estimate of drug-likeness (QED) is 0.112. The molecule has 0 aliphatic heterocycles. The lowest BCUT2D eigenvalue weighted by molar-refractivity contribution is -0.147. The molecule has 0 heterocycles. The molecular weight excluding hydrogens is 548 g/mol. The lowest BCUT2D eigenvalue weighted by Crippen LogP contribution is -2.34. The first-order valence-electron chi connectivity index (χ1n) is 14.1. The second-order valence-electron chi connectivity index (χ2n) is 10.3. The van der Waals surface area contributed by atoms with Gasteiger partial charge in [0, 0.05) is 22.8 Å². The number of esters is 1. The summed E-state index contributed by atoms with van der Waals surface area (Å²) in [6.45, 7) is 11.2. The van der Waals surface area contributed by atoms with Gasteiger partial charge in [-0.25, -0.2) is 4.79 Å². The molecule has 0 aromatic heterocycles. The summed E-state index contributed by atoms with van der Waals surface area (Å²) >= 11 is 1.36. The molecular formula is C39H36O3S. The number of allylic oxidation sites excluding steroid dienone is 3. The fraction of sp³-hybridized carbons (Fsp3) is 0.128. The van der Waals surface area contributed by atoms with Crippen LogP contribution in [0.15, 0.2) is 170 Å². The third kappa shape index (κ3) is 7.22. The molecule has 1 atom stereocenters. The zero-order chi connectivity index (χ0) is 30.7. The second kappa shape index (κ2) is 14.5. The Kier molecular flexibility index (Phi) is 10.5. The Morgan fingerprint density at radius 2 is 1.16 bits per heavy atom. The number of ether oxygens (including phenoxy) is 1. The Morgan fingerprint density at radius 3 is 1.51 bits per heavy atom. The van der Waals surface area contributed by atoms with Crippen molar-refractivity contribution in [3.8, 4) is 0 Å². The van der Waals surface area contributed by atoms with Crippen LogP contribution in [0.5, 0.6) is 0 Å². The smallest absolute Gasteiger partial charge is 0.331 e. The summed E-state index contributed by atoms with van der Waals surface area (Å²) in [5, 5.41) is 0.0548. The molecule has 0 bridgehead atoms. The number of hydrogen-bond acceptors (Lipinski definition) is 4. The Morgan fingerprint density at radius 1 is 0.744 bits per heavy atom. The van der Waals surface area contributed by atoms with E-state index in [0.717, 1.165) is 28.7 Å². The molecule has 4 heteroatoms. The average molecular weight is 585 g/mol. The highest BCUT2D eigenvalue weighted by molar-refractivity contribution is 8.15. The van der Waals surface area contributed by atoms with Gasteiger partial charge in [-0.15, -0.1) is 0 Å². The van der Waals surface area contributed by atoms with Crippen LogP contribution in [0, 0.1) is 0 Å². The van der Waals surface area contributed by atoms with Crippen molar-refractivity contribution in [3.63, 3.8) is 0 Å². The number of rotatable bonds is 9. The predicted octanol–water partition coefficient (Wildman–Crippen LogP) is 9.33. The van der Waals surface area contributed by atoms with E-state index < -0.39 is 11.6 Å². The van der Waals surface area contributed by atoms with Gasteiger partial charge in [-0.05, 0) is 37.0 Å². The lowest BCUT2D eigenvalue weighted by atomic mass is 9.80. The maximum absolute atomic E-state index is 12.2. The molecule has 1 aliphatic rings. The first-order valence-corrected chi connectivity index (χ1v) is 15.0. The molecule has 0 saturated heterocycles. The molecule has 1 unspecified atom stereocenters. The van der Waals surface area contributed by atoms with Crippen LogP contribution in [0.1, 0.15) is 42.5 Å². The molecule has 3 nitrogen and oxygen atoms in total. The summed E-state index contributed by atoms with van der Waals surface area (Å²) in [7, 11) is 0. The molecule has 1 aliphatic carbocycles. The summed E-state index contributed by atoms with van der Waals surface area (Å²) in [6.07, 6.45) is 8.40. The predicted molar refractivity (Wildman–Crippen MR) is 179 cm³/mol. The van der Waals surface area contributed by atoms with Crippen molar-refractivity contribution in [1.29, 1.82) is 0 Å². The maximum Gasteiger partial charge on any atom is 0.331 e. The van der Waals surface area contributed by atoms with Gasteiger partial charge in [-0.3, -0.25) is 4.79 Å². The molecule has 5 rings (SSSR count). The van der Waals surface area contributed by atoms with E-state index in [2.05, 4.69) is 50.4 Å². The van der Waals surface area contributed by atoms with E-state index in [1.165, 1.54) is 23.4 Å². The fourth-order valence-corrected chi connectivity index (χ4v) is 6.11.